The molecule has 1 aliphatic carbocycles. The summed E-state index contributed by atoms with van der Waals surface area (Å²) in [5, 5.41) is 3.74. The summed E-state index contributed by atoms with van der Waals surface area (Å²) in [6.07, 6.45) is 5.25. The van der Waals surface area contributed by atoms with Gasteiger partial charge in [0.05, 0.1) is 0 Å². The molecular weight excluding hydrogens is 206 g/mol. The molecule has 1 heteroatoms. The summed E-state index contributed by atoms with van der Waals surface area (Å²) in [5.74, 6) is 0. The molecule has 94 valence electrons. The van der Waals surface area contributed by atoms with Gasteiger partial charge in [0.25, 0.3) is 0 Å². The van der Waals surface area contributed by atoms with Crippen molar-refractivity contribution in [1.29, 1.82) is 0 Å². The fraction of sp³-hybridized carbons (Fsp3) is 0.625. The zero-order valence-electron chi connectivity index (χ0n) is 11.4. The number of hydrogen-bond acceptors (Lipinski definition) is 1. The van der Waals surface area contributed by atoms with Gasteiger partial charge in [0.1, 0.15) is 0 Å². The molecule has 2 rings (SSSR count). The Kier molecular flexibility index (Phi) is 3.88. The third-order valence-electron chi connectivity index (χ3n) is 4.14. The summed E-state index contributed by atoms with van der Waals surface area (Å²) in [6, 6.07) is 9.56. The summed E-state index contributed by atoms with van der Waals surface area (Å²) in [7, 11) is 0. The lowest BCUT2D eigenvalue weighted by Gasteiger charge is -2.28. The van der Waals surface area contributed by atoms with Gasteiger partial charge in [-0.1, -0.05) is 50.1 Å². The summed E-state index contributed by atoms with van der Waals surface area (Å²) in [4.78, 5) is 0. The van der Waals surface area contributed by atoms with Crippen LogP contribution in [0.3, 0.4) is 0 Å². The van der Waals surface area contributed by atoms with Crippen LogP contribution in [-0.2, 0) is 6.42 Å². The van der Waals surface area contributed by atoms with Crippen LogP contribution in [0.2, 0.25) is 0 Å². The zero-order chi connectivity index (χ0) is 12.3. The third kappa shape index (κ3) is 3.32. The molecule has 1 aromatic carbocycles. The van der Waals surface area contributed by atoms with Crippen LogP contribution in [0.5, 0.6) is 0 Å². The largest absolute Gasteiger partial charge is 0.313 e. The minimum Gasteiger partial charge on any atom is -0.313 e. The second-order valence-electron chi connectivity index (χ2n) is 6.13. The molecule has 1 atom stereocenters. The highest BCUT2D eigenvalue weighted by Gasteiger charge is 2.33. The van der Waals surface area contributed by atoms with E-state index in [-0.39, 0.29) is 0 Å². The highest BCUT2D eigenvalue weighted by molar-refractivity contribution is 5.22. The van der Waals surface area contributed by atoms with Crippen molar-refractivity contribution in [2.45, 2.75) is 52.5 Å². The topological polar surface area (TPSA) is 12.0 Å². The Morgan fingerprint density at radius 2 is 2.18 bits per heavy atom. The van der Waals surface area contributed by atoms with Gasteiger partial charge in [0.2, 0.25) is 0 Å². The van der Waals surface area contributed by atoms with E-state index >= 15 is 0 Å². The van der Waals surface area contributed by atoms with Crippen molar-refractivity contribution in [3.05, 3.63) is 35.4 Å². The first-order valence-corrected chi connectivity index (χ1v) is 6.87. The van der Waals surface area contributed by atoms with E-state index in [0.717, 1.165) is 13.0 Å². The number of nitrogens with one attached hydrogen (secondary N) is 1. The summed E-state index contributed by atoms with van der Waals surface area (Å²) in [6.45, 7) is 8.06. The Labute approximate surface area is 106 Å². The molecule has 1 aliphatic rings. The summed E-state index contributed by atoms with van der Waals surface area (Å²) >= 11 is 0. The fourth-order valence-corrected chi connectivity index (χ4v) is 2.96. The average molecular weight is 231 g/mol. The minimum atomic E-state index is 0.493. The number of rotatable bonds is 4. The molecule has 17 heavy (non-hydrogen) atoms. The minimum absolute atomic E-state index is 0.493. The van der Waals surface area contributed by atoms with Crippen LogP contribution in [0.4, 0.5) is 0 Å². The molecule has 1 saturated carbocycles. The first-order valence-electron chi connectivity index (χ1n) is 6.87. The highest BCUT2D eigenvalue weighted by atomic mass is 14.9. The van der Waals surface area contributed by atoms with Gasteiger partial charge in [-0.15, -0.1) is 0 Å². The molecule has 1 nitrogen and oxygen atoms in total. The Balaban J connectivity index is 1.80. The van der Waals surface area contributed by atoms with Crippen molar-refractivity contribution in [3.63, 3.8) is 0 Å². The standard InChI is InChI=1S/C16H25N/c1-13-6-4-7-14(12-13)9-11-17-15-8-5-10-16(15,2)3/h4,6-7,12,15,17H,5,8-11H2,1-3H3. The number of hydrogen-bond donors (Lipinski definition) is 1. The Bertz CT molecular complexity index is 368. The van der Waals surface area contributed by atoms with Gasteiger partial charge in [0, 0.05) is 6.04 Å². The Morgan fingerprint density at radius 3 is 2.82 bits per heavy atom. The zero-order valence-corrected chi connectivity index (χ0v) is 11.4. The van der Waals surface area contributed by atoms with Crippen LogP contribution in [0.15, 0.2) is 24.3 Å². The van der Waals surface area contributed by atoms with Crippen LogP contribution < -0.4 is 5.32 Å². The molecule has 1 fully saturated rings. The van der Waals surface area contributed by atoms with Gasteiger partial charge >= 0.3 is 0 Å². The van der Waals surface area contributed by atoms with Crippen molar-refractivity contribution >= 4 is 0 Å². The maximum Gasteiger partial charge on any atom is 0.0118 e. The molecule has 0 amide bonds. The van der Waals surface area contributed by atoms with Crippen LogP contribution in [0.25, 0.3) is 0 Å². The summed E-state index contributed by atoms with van der Waals surface area (Å²) < 4.78 is 0. The maximum absolute atomic E-state index is 3.74. The molecule has 1 aromatic rings. The Morgan fingerprint density at radius 1 is 1.35 bits per heavy atom. The second kappa shape index (κ2) is 5.22. The van der Waals surface area contributed by atoms with E-state index < -0.39 is 0 Å². The first-order chi connectivity index (χ1) is 8.08. The molecule has 1 unspecified atom stereocenters. The smallest absolute Gasteiger partial charge is 0.0118 e. The SMILES string of the molecule is Cc1cccc(CCNC2CCCC2(C)C)c1. The molecule has 0 spiro atoms. The molecule has 0 aromatic heterocycles. The van der Waals surface area contributed by atoms with E-state index in [1.807, 2.05) is 0 Å². The monoisotopic (exact) mass is 231 g/mol. The number of aryl methyl sites for hydroxylation is 1. The van der Waals surface area contributed by atoms with Gasteiger partial charge in [-0.25, -0.2) is 0 Å². The first kappa shape index (κ1) is 12.6. The lowest BCUT2D eigenvalue weighted by molar-refractivity contribution is 0.285. The molecule has 0 radical (unpaired) electrons. The number of benzene rings is 1. The van der Waals surface area contributed by atoms with Crippen molar-refractivity contribution < 1.29 is 0 Å². The van der Waals surface area contributed by atoms with E-state index in [0.29, 0.717) is 11.5 Å². The van der Waals surface area contributed by atoms with Crippen molar-refractivity contribution in [1.82, 2.24) is 5.32 Å². The molecule has 0 bridgehead atoms. The molecule has 0 aliphatic heterocycles. The quantitative estimate of drug-likeness (QED) is 0.833. The lowest BCUT2D eigenvalue weighted by atomic mass is 9.87. The van der Waals surface area contributed by atoms with E-state index in [4.69, 9.17) is 0 Å². The van der Waals surface area contributed by atoms with E-state index in [1.165, 1.54) is 30.4 Å². The molecular formula is C16H25N. The van der Waals surface area contributed by atoms with Gasteiger partial charge in [-0.05, 0) is 43.7 Å². The molecule has 0 heterocycles. The predicted octanol–water partition coefficient (Wildman–Crippen LogP) is 3.71. The van der Waals surface area contributed by atoms with E-state index in [2.05, 4.69) is 50.4 Å². The van der Waals surface area contributed by atoms with Crippen LogP contribution in [0, 0.1) is 12.3 Å². The predicted molar refractivity (Wildman–Crippen MR) is 74.3 cm³/mol. The summed E-state index contributed by atoms with van der Waals surface area (Å²) in [5.41, 5.74) is 3.31. The van der Waals surface area contributed by atoms with Crippen molar-refractivity contribution in [2.24, 2.45) is 5.41 Å². The van der Waals surface area contributed by atoms with E-state index in [9.17, 15) is 0 Å². The fourth-order valence-electron chi connectivity index (χ4n) is 2.96. The molecule has 1 N–H and O–H groups in total. The average Bonchev–Trinajstić information content (AvgIpc) is 2.58. The van der Waals surface area contributed by atoms with Gasteiger partial charge in [-0.2, -0.15) is 0 Å². The lowest BCUT2D eigenvalue weighted by Crippen LogP contribution is -2.38. The highest BCUT2D eigenvalue weighted by Crippen LogP contribution is 2.36. The van der Waals surface area contributed by atoms with Gasteiger partial charge in [-0.3, -0.25) is 0 Å². The van der Waals surface area contributed by atoms with Crippen molar-refractivity contribution in [3.8, 4) is 0 Å². The van der Waals surface area contributed by atoms with Crippen LogP contribution in [-0.4, -0.2) is 12.6 Å². The third-order valence-corrected chi connectivity index (χ3v) is 4.14. The maximum atomic E-state index is 3.74. The normalized spacial score (nSPS) is 22.9. The van der Waals surface area contributed by atoms with Crippen LogP contribution >= 0.6 is 0 Å². The second-order valence-corrected chi connectivity index (χ2v) is 6.13. The van der Waals surface area contributed by atoms with Crippen LogP contribution in [0.1, 0.15) is 44.2 Å². The van der Waals surface area contributed by atoms with Gasteiger partial charge < -0.3 is 5.32 Å². The van der Waals surface area contributed by atoms with E-state index in [1.54, 1.807) is 0 Å². The van der Waals surface area contributed by atoms with Crippen molar-refractivity contribution in [2.75, 3.05) is 6.54 Å². The Hall–Kier alpha value is -0.820. The van der Waals surface area contributed by atoms with Gasteiger partial charge in [0.15, 0.2) is 0 Å². The molecule has 0 saturated heterocycles.